The number of sulfonamides is 1. The van der Waals surface area contributed by atoms with Gasteiger partial charge in [-0.1, -0.05) is 11.8 Å². The van der Waals surface area contributed by atoms with E-state index in [4.69, 9.17) is 10.9 Å². The van der Waals surface area contributed by atoms with Crippen molar-refractivity contribution in [1.29, 1.82) is 0 Å². The minimum absolute atomic E-state index is 0.0385. The molecule has 0 saturated heterocycles. The van der Waals surface area contributed by atoms with Crippen LogP contribution in [0.3, 0.4) is 0 Å². The first-order valence-electron chi connectivity index (χ1n) is 4.98. The van der Waals surface area contributed by atoms with E-state index in [1.165, 1.54) is 17.8 Å². The maximum absolute atomic E-state index is 11.5. The summed E-state index contributed by atoms with van der Waals surface area (Å²) >= 11 is 1.30. The van der Waals surface area contributed by atoms with Gasteiger partial charge in [-0.15, -0.1) is 0 Å². The summed E-state index contributed by atoms with van der Waals surface area (Å²) < 4.78 is 22.9. The number of hydrogen-bond acceptors (Lipinski definition) is 5. The monoisotopic (exact) mass is 284 g/mol. The molecule has 0 fully saturated rings. The predicted octanol–water partition coefficient (Wildman–Crippen LogP) is 1.10. The summed E-state index contributed by atoms with van der Waals surface area (Å²) in [5.41, 5.74) is 6.60. The second-order valence-corrected chi connectivity index (χ2v) is 6.24. The van der Waals surface area contributed by atoms with E-state index in [0.717, 1.165) is 0 Å². The topological polar surface area (TPSA) is 115 Å². The molecule has 8 heteroatoms. The van der Waals surface area contributed by atoms with Crippen molar-refractivity contribution in [2.45, 2.75) is 21.9 Å². The number of benzene rings is 1. The average molecular weight is 284 g/mol. The number of imidazole rings is 1. The largest absolute Gasteiger partial charge is 0.399 e. The van der Waals surface area contributed by atoms with Gasteiger partial charge in [0.05, 0.1) is 4.90 Å². The molecule has 6 nitrogen and oxygen atoms in total. The van der Waals surface area contributed by atoms with Gasteiger partial charge in [0.15, 0.2) is 5.16 Å². The van der Waals surface area contributed by atoms with Crippen molar-refractivity contribution < 1.29 is 8.42 Å². The smallest absolute Gasteiger partial charge is 0.238 e. The second-order valence-electron chi connectivity index (χ2n) is 3.68. The van der Waals surface area contributed by atoms with E-state index in [1.807, 2.05) is 0 Å². The third-order valence-corrected chi connectivity index (χ3v) is 4.42. The Morgan fingerprint density at radius 1 is 1.39 bits per heavy atom. The Bertz CT molecular complexity index is 665. The normalized spacial score (nSPS) is 11.7. The molecule has 0 atom stereocenters. The van der Waals surface area contributed by atoms with Crippen molar-refractivity contribution in [2.75, 3.05) is 5.73 Å². The van der Waals surface area contributed by atoms with Crippen LogP contribution in [0, 0.1) is 6.92 Å². The molecule has 0 radical (unpaired) electrons. The zero-order valence-corrected chi connectivity index (χ0v) is 11.2. The summed E-state index contributed by atoms with van der Waals surface area (Å²) in [6, 6.07) is 3.05. The molecule has 1 aromatic heterocycles. The van der Waals surface area contributed by atoms with Crippen molar-refractivity contribution in [3.63, 3.8) is 0 Å². The molecular formula is C10H12N4O2S2. The molecule has 0 saturated carbocycles. The highest BCUT2D eigenvalue weighted by Crippen LogP contribution is 2.32. The van der Waals surface area contributed by atoms with Gasteiger partial charge in [0.25, 0.3) is 0 Å². The Kier molecular flexibility index (Phi) is 3.33. The molecule has 0 bridgehead atoms. The maximum atomic E-state index is 11.5. The Balaban J connectivity index is 2.52. The van der Waals surface area contributed by atoms with E-state index in [2.05, 4.69) is 9.97 Å². The number of hydrogen-bond donors (Lipinski definition) is 3. The summed E-state index contributed by atoms with van der Waals surface area (Å²) in [4.78, 5) is 7.72. The van der Waals surface area contributed by atoms with Gasteiger partial charge in [0.1, 0.15) is 0 Å². The van der Waals surface area contributed by atoms with Crippen LogP contribution in [-0.2, 0) is 10.0 Å². The van der Waals surface area contributed by atoms with Crippen LogP contribution in [0.5, 0.6) is 0 Å². The van der Waals surface area contributed by atoms with Crippen LogP contribution in [0.2, 0.25) is 0 Å². The van der Waals surface area contributed by atoms with Gasteiger partial charge in [-0.3, -0.25) is 0 Å². The zero-order chi connectivity index (χ0) is 13.3. The number of aromatic amines is 1. The molecule has 18 heavy (non-hydrogen) atoms. The van der Waals surface area contributed by atoms with Gasteiger partial charge in [0.2, 0.25) is 10.0 Å². The molecule has 0 aliphatic rings. The molecule has 96 valence electrons. The van der Waals surface area contributed by atoms with Crippen LogP contribution in [0.15, 0.2) is 39.5 Å². The minimum atomic E-state index is -3.78. The van der Waals surface area contributed by atoms with Crippen molar-refractivity contribution >= 4 is 27.5 Å². The predicted molar refractivity (Wildman–Crippen MR) is 69.7 cm³/mol. The van der Waals surface area contributed by atoms with Gasteiger partial charge in [-0.25, -0.2) is 18.5 Å². The van der Waals surface area contributed by atoms with Gasteiger partial charge < -0.3 is 10.7 Å². The number of nitrogen functional groups attached to an aromatic ring is 1. The lowest BCUT2D eigenvalue weighted by atomic mass is 10.2. The first-order chi connectivity index (χ1) is 8.38. The van der Waals surface area contributed by atoms with E-state index in [1.54, 1.807) is 25.4 Å². The lowest BCUT2D eigenvalue weighted by Crippen LogP contribution is -2.14. The molecular weight excluding hydrogens is 272 g/mol. The van der Waals surface area contributed by atoms with E-state index in [-0.39, 0.29) is 4.90 Å². The maximum Gasteiger partial charge on any atom is 0.238 e. The fourth-order valence-corrected chi connectivity index (χ4v) is 3.30. The Hall–Kier alpha value is -1.51. The van der Waals surface area contributed by atoms with Crippen LogP contribution in [0.4, 0.5) is 5.69 Å². The standard InChI is InChI=1S/C10H12N4O2S2/c1-6-8(17-10-13-2-3-14-10)4-7(11)5-9(6)18(12,15)16/h2-5H,11H2,1H3,(H,13,14)(H2,12,15,16). The van der Waals surface area contributed by atoms with Crippen molar-refractivity contribution in [3.05, 3.63) is 30.1 Å². The van der Waals surface area contributed by atoms with Gasteiger partial charge >= 0.3 is 0 Å². The molecule has 0 aliphatic heterocycles. The Morgan fingerprint density at radius 3 is 2.67 bits per heavy atom. The zero-order valence-electron chi connectivity index (χ0n) is 9.54. The Morgan fingerprint density at radius 2 is 2.11 bits per heavy atom. The summed E-state index contributed by atoms with van der Waals surface area (Å²) in [5.74, 6) is 0. The highest BCUT2D eigenvalue weighted by Gasteiger charge is 2.16. The lowest BCUT2D eigenvalue weighted by Gasteiger charge is -2.10. The highest BCUT2D eigenvalue weighted by atomic mass is 32.2. The van der Waals surface area contributed by atoms with Gasteiger partial charge in [-0.2, -0.15) is 0 Å². The van der Waals surface area contributed by atoms with E-state index in [9.17, 15) is 8.42 Å². The van der Waals surface area contributed by atoms with Crippen LogP contribution < -0.4 is 10.9 Å². The molecule has 1 heterocycles. The van der Waals surface area contributed by atoms with Crippen LogP contribution in [0.1, 0.15) is 5.56 Å². The number of primary sulfonamides is 1. The molecule has 5 N–H and O–H groups in total. The summed E-state index contributed by atoms with van der Waals surface area (Å²) in [7, 11) is -3.78. The third-order valence-electron chi connectivity index (χ3n) is 2.32. The summed E-state index contributed by atoms with van der Waals surface area (Å²) in [6.45, 7) is 1.68. The first kappa shape index (κ1) is 12.9. The Labute approximate surface area is 109 Å². The molecule has 0 unspecified atom stereocenters. The van der Waals surface area contributed by atoms with Gasteiger partial charge in [0, 0.05) is 23.0 Å². The van der Waals surface area contributed by atoms with E-state index in [0.29, 0.717) is 21.3 Å². The van der Waals surface area contributed by atoms with Crippen molar-refractivity contribution in [2.24, 2.45) is 5.14 Å². The van der Waals surface area contributed by atoms with Crippen LogP contribution in [0.25, 0.3) is 0 Å². The van der Waals surface area contributed by atoms with E-state index < -0.39 is 10.0 Å². The van der Waals surface area contributed by atoms with Crippen molar-refractivity contribution in [1.82, 2.24) is 9.97 Å². The summed E-state index contributed by atoms with van der Waals surface area (Å²) in [6.07, 6.45) is 3.30. The molecule has 2 aromatic rings. The molecule has 2 rings (SSSR count). The number of rotatable bonds is 3. The third kappa shape index (κ3) is 2.66. The van der Waals surface area contributed by atoms with Gasteiger partial charge in [-0.05, 0) is 24.6 Å². The van der Waals surface area contributed by atoms with Crippen LogP contribution >= 0.6 is 11.8 Å². The fourth-order valence-electron chi connectivity index (χ4n) is 1.49. The minimum Gasteiger partial charge on any atom is -0.399 e. The van der Waals surface area contributed by atoms with E-state index >= 15 is 0 Å². The SMILES string of the molecule is Cc1c(Sc2ncc[nH]2)cc(N)cc1S(N)(=O)=O. The average Bonchev–Trinajstić information content (AvgIpc) is 2.74. The number of anilines is 1. The molecule has 1 aromatic carbocycles. The summed E-state index contributed by atoms with van der Waals surface area (Å²) in [5, 5.41) is 5.81. The number of nitrogens with one attached hydrogen (secondary N) is 1. The quantitative estimate of drug-likeness (QED) is 0.730. The number of nitrogens with zero attached hydrogens (tertiary/aromatic N) is 1. The molecule has 0 aliphatic carbocycles. The first-order valence-corrected chi connectivity index (χ1v) is 7.34. The highest BCUT2D eigenvalue weighted by molar-refractivity contribution is 7.99. The second kappa shape index (κ2) is 4.63. The molecule has 0 spiro atoms. The number of H-pyrrole nitrogens is 1. The van der Waals surface area contributed by atoms with Crippen molar-refractivity contribution in [3.8, 4) is 0 Å². The lowest BCUT2D eigenvalue weighted by molar-refractivity contribution is 0.597. The van der Waals surface area contributed by atoms with Crippen LogP contribution in [-0.4, -0.2) is 18.4 Å². The number of nitrogens with two attached hydrogens (primary N) is 2. The molecule has 0 amide bonds. The number of aromatic nitrogens is 2. The fraction of sp³-hybridized carbons (Fsp3) is 0.100.